The van der Waals surface area contributed by atoms with Crippen molar-refractivity contribution in [2.45, 2.75) is 18.9 Å². The van der Waals surface area contributed by atoms with Crippen molar-refractivity contribution in [1.29, 1.82) is 0 Å². The molecule has 1 heterocycles. The molecule has 1 aliphatic rings. The summed E-state index contributed by atoms with van der Waals surface area (Å²) < 4.78 is 36.7. The van der Waals surface area contributed by atoms with E-state index in [1.807, 2.05) is 0 Å². The second-order valence-electron chi connectivity index (χ2n) is 5.34. The van der Waals surface area contributed by atoms with Gasteiger partial charge < -0.3 is 14.6 Å². The maximum atomic E-state index is 12.4. The van der Waals surface area contributed by atoms with Crippen LogP contribution in [0, 0.1) is 0 Å². The molecule has 2 N–H and O–H groups in total. The zero-order valence-electron chi connectivity index (χ0n) is 13.2. The van der Waals surface area contributed by atoms with Crippen LogP contribution in [0.1, 0.15) is 18.9 Å². The van der Waals surface area contributed by atoms with Crippen LogP contribution in [-0.4, -0.2) is 37.5 Å². The second kappa shape index (κ2) is 7.02. The Labute approximate surface area is 148 Å². The molecule has 0 aromatic heterocycles. The van der Waals surface area contributed by atoms with E-state index in [1.165, 1.54) is 14.0 Å². The van der Waals surface area contributed by atoms with Crippen molar-refractivity contribution in [2.75, 3.05) is 18.2 Å². The van der Waals surface area contributed by atoms with Gasteiger partial charge in [0.15, 0.2) is 5.60 Å². The van der Waals surface area contributed by atoms with Crippen molar-refractivity contribution in [2.24, 2.45) is 0 Å². The molecule has 0 spiro atoms. The van der Waals surface area contributed by atoms with E-state index in [2.05, 4.69) is 20.7 Å². The van der Waals surface area contributed by atoms with Gasteiger partial charge in [0.2, 0.25) is 21.7 Å². The lowest BCUT2D eigenvalue weighted by Crippen LogP contribution is -2.32. The monoisotopic (exact) mass is 419 g/mol. The third-order valence-electron chi connectivity index (χ3n) is 3.59. The van der Waals surface area contributed by atoms with Gasteiger partial charge >= 0.3 is 0 Å². The zero-order chi connectivity index (χ0) is 18.0. The van der Waals surface area contributed by atoms with Crippen LogP contribution in [-0.2, 0) is 25.2 Å². The third-order valence-corrected chi connectivity index (χ3v) is 5.47. The summed E-state index contributed by atoms with van der Waals surface area (Å²) >= 11 is 3.15. The van der Waals surface area contributed by atoms with E-state index in [1.54, 1.807) is 24.3 Å². The maximum Gasteiger partial charge on any atom is 0.250 e. The first-order valence-electron chi connectivity index (χ1n) is 7.11. The van der Waals surface area contributed by atoms with Gasteiger partial charge in [-0.1, -0.05) is 28.1 Å². The number of alkyl halides is 1. The lowest BCUT2D eigenvalue weighted by Gasteiger charge is -2.24. The van der Waals surface area contributed by atoms with Gasteiger partial charge in [-0.25, -0.2) is 8.42 Å². The van der Waals surface area contributed by atoms with Gasteiger partial charge in [0.05, 0.1) is 12.9 Å². The van der Waals surface area contributed by atoms with Crippen molar-refractivity contribution in [3.8, 4) is 5.75 Å². The normalized spacial score (nSPS) is 20.9. The predicted octanol–water partition coefficient (Wildman–Crippen LogP) is 1.94. The number of nitrogens with one attached hydrogen (secondary N) is 1. The Balaban J connectivity index is 2.28. The molecule has 24 heavy (non-hydrogen) atoms. The summed E-state index contributed by atoms with van der Waals surface area (Å²) in [6, 6.07) is 6.60. The summed E-state index contributed by atoms with van der Waals surface area (Å²) in [5, 5.41) is 10.5. The van der Waals surface area contributed by atoms with Crippen molar-refractivity contribution < 1.29 is 27.8 Å². The van der Waals surface area contributed by atoms with E-state index in [0.717, 1.165) is 0 Å². The van der Waals surface area contributed by atoms with Gasteiger partial charge in [0.25, 0.3) is 5.78 Å². The fourth-order valence-electron chi connectivity index (χ4n) is 2.24. The van der Waals surface area contributed by atoms with E-state index in [9.17, 15) is 18.3 Å². The molecular weight excluding hydrogens is 402 g/mol. The molecule has 0 bridgehead atoms. The molecule has 1 aliphatic heterocycles. The molecule has 9 heteroatoms. The number of carbonyl (C=O) groups is 1. The van der Waals surface area contributed by atoms with Crippen molar-refractivity contribution in [3.63, 3.8) is 0 Å². The minimum absolute atomic E-state index is 0.164. The van der Waals surface area contributed by atoms with Gasteiger partial charge in [-0.3, -0.25) is 9.52 Å². The lowest BCUT2D eigenvalue weighted by atomic mass is 9.91. The first-order valence-corrected chi connectivity index (χ1v) is 9.89. The second-order valence-corrected chi connectivity index (χ2v) is 7.97. The number of aliphatic hydroxyl groups is 1. The minimum atomic E-state index is -3.73. The Morgan fingerprint density at radius 2 is 2.12 bits per heavy atom. The highest BCUT2D eigenvalue weighted by Gasteiger charge is 2.48. The highest BCUT2D eigenvalue weighted by molar-refractivity contribution is 9.09. The number of hydrogen-bond acceptors (Lipinski definition) is 6. The van der Waals surface area contributed by atoms with E-state index < -0.39 is 33.0 Å². The number of Topliss-reactive ketones (excluding diaryl/α,β-unsaturated/α-hetero) is 1. The van der Waals surface area contributed by atoms with Gasteiger partial charge in [-0.05, 0) is 25.5 Å². The van der Waals surface area contributed by atoms with Crippen molar-refractivity contribution >= 4 is 31.7 Å². The summed E-state index contributed by atoms with van der Waals surface area (Å²) in [4.78, 5) is 12.4. The average molecular weight is 420 g/mol. The largest absolute Gasteiger partial charge is 0.501 e. The van der Waals surface area contributed by atoms with Gasteiger partial charge in [0, 0.05) is 10.9 Å². The number of ether oxygens (including phenoxy) is 2. The Morgan fingerprint density at radius 1 is 1.42 bits per heavy atom. The van der Waals surface area contributed by atoms with Gasteiger partial charge in [0.1, 0.15) is 5.75 Å². The van der Waals surface area contributed by atoms with E-state index in [0.29, 0.717) is 23.1 Å². The molecule has 0 amide bonds. The summed E-state index contributed by atoms with van der Waals surface area (Å²) in [6.07, 6.45) is 0.379. The molecule has 1 unspecified atom stereocenters. The molecule has 1 aromatic carbocycles. The summed E-state index contributed by atoms with van der Waals surface area (Å²) in [5.41, 5.74) is -1.10. The molecule has 1 aromatic rings. The molecule has 132 valence electrons. The average Bonchev–Trinajstić information content (AvgIpc) is 2.77. The van der Waals surface area contributed by atoms with Crippen LogP contribution in [0.15, 0.2) is 35.9 Å². The SMILES string of the molecule is COc1cccc(C2(C)OC(NS(=O)(=O)CCCBr)=C(O)C2=O)c1. The maximum absolute atomic E-state index is 12.4. The van der Waals surface area contributed by atoms with Crippen LogP contribution < -0.4 is 9.46 Å². The fourth-order valence-corrected chi connectivity index (χ4v) is 3.94. The molecule has 0 saturated heterocycles. The number of carbonyl (C=O) groups excluding carboxylic acids is 1. The topological polar surface area (TPSA) is 102 Å². The standard InChI is InChI=1S/C15H18BrNO6S/c1-15(10-5-3-6-11(9-10)22-2)13(19)12(18)14(23-15)17-24(20,21)8-4-7-16/h3,5-6,9,17-18H,4,7-8H2,1-2H3. The Kier molecular flexibility index (Phi) is 5.44. The quantitative estimate of drug-likeness (QED) is 0.654. The van der Waals surface area contributed by atoms with Gasteiger partial charge in [-0.2, -0.15) is 0 Å². The van der Waals surface area contributed by atoms with Gasteiger partial charge in [-0.15, -0.1) is 0 Å². The molecular formula is C15H18BrNO6S. The molecule has 1 atom stereocenters. The first kappa shape index (κ1) is 18.6. The van der Waals surface area contributed by atoms with E-state index >= 15 is 0 Å². The molecule has 0 saturated carbocycles. The van der Waals surface area contributed by atoms with Crippen molar-refractivity contribution in [1.82, 2.24) is 4.72 Å². The summed E-state index contributed by atoms with van der Waals surface area (Å²) in [6.45, 7) is 1.46. The number of ketones is 1. The molecule has 7 nitrogen and oxygen atoms in total. The lowest BCUT2D eigenvalue weighted by molar-refractivity contribution is -0.131. The molecule has 2 rings (SSSR count). The number of benzene rings is 1. The highest BCUT2D eigenvalue weighted by atomic mass is 79.9. The number of halogens is 1. The Bertz CT molecular complexity index is 776. The van der Waals surface area contributed by atoms with Crippen LogP contribution >= 0.6 is 15.9 Å². The number of aliphatic hydroxyl groups excluding tert-OH is 1. The van der Waals surface area contributed by atoms with Crippen LogP contribution in [0.3, 0.4) is 0 Å². The smallest absolute Gasteiger partial charge is 0.250 e. The van der Waals surface area contributed by atoms with Crippen LogP contribution in [0.25, 0.3) is 0 Å². The predicted molar refractivity (Wildman–Crippen MR) is 91.4 cm³/mol. The molecule has 0 aliphatic carbocycles. The Hall–Kier alpha value is -1.74. The number of methoxy groups -OCH3 is 1. The number of hydrogen-bond donors (Lipinski definition) is 2. The van der Waals surface area contributed by atoms with E-state index in [-0.39, 0.29) is 5.75 Å². The highest BCUT2D eigenvalue weighted by Crippen LogP contribution is 2.38. The summed E-state index contributed by atoms with van der Waals surface area (Å²) in [5.74, 6) is -1.59. The number of sulfonamides is 1. The van der Waals surface area contributed by atoms with Crippen LogP contribution in [0.4, 0.5) is 0 Å². The molecule has 0 radical (unpaired) electrons. The third kappa shape index (κ3) is 3.67. The molecule has 0 fully saturated rings. The van der Waals surface area contributed by atoms with E-state index in [4.69, 9.17) is 9.47 Å². The summed E-state index contributed by atoms with van der Waals surface area (Å²) in [7, 11) is -2.24. The number of rotatable bonds is 7. The van der Waals surface area contributed by atoms with Crippen LogP contribution in [0.5, 0.6) is 5.75 Å². The Morgan fingerprint density at radius 3 is 2.75 bits per heavy atom. The zero-order valence-corrected chi connectivity index (χ0v) is 15.6. The van der Waals surface area contributed by atoms with Crippen molar-refractivity contribution in [3.05, 3.63) is 41.5 Å². The first-order chi connectivity index (χ1) is 11.2. The minimum Gasteiger partial charge on any atom is -0.501 e. The van der Waals surface area contributed by atoms with Crippen LogP contribution in [0.2, 0.25) is 0 Å². The fraction of sp³-hybridized carbons (Fsp3) is 0.400.